The fourth-order valence-electron chi connectivity index (χ4n) is 1.23. The number of nitrogens with zero attached hydrogens (tertiary/aromatic N) is 2. The van der Waals surface area contributed by atoms with Gasteiger partial charge in [-0.3, -0.25) is 0 Å². The van der Waals surface area contributed by atoms with Crippen molar-refractivity contribution in [3.05, 3.63) is 44.6 Å². The number of rotatable bonds is 4. The molecule has 0 saturated carbocycles. The SMILES string of the molecule is Clc1ncccc1CNCc1sncc1Br. The fourth-order valence-corrected chi connectivity index (χ4v) is 2.60. The zero-order chi connectivity index (χ0) is 11.4. The first kappa shape index (κ1) is 12.0. The van der Waals surface area contributed by atoms with Crippen molar-refractivity contribution in [2.24, 2.45) is 0 Å². The van der Waals surface area contributed by atoms with Crippen molar-refractivity contribution in [1.82, 2.24) is 14.7 Å². The Bertz CT molecular complexity index is 475. The predicted octanol–water partition coefficient (Wildman–Crippen LogP) is 3.24. The second-order valence-corrected chi connectivity index (χ2v) is 5.25. The summed E-state index contributed by atoms with van der Waals surface area (Å²) in [4.78, 5) is 5.20. The Balaban J connectivity index is 1.89. The number of pyridine rings is 1. The average molecular weight is 319 g/mol. The summed E-state index contributed by atoms with van der Waals surface area (Å²) in [6, 6.07) is 3.84. The molecule has 0 spiro atoms. The molecule has 1 N–H and O–H groups in total. The Morgan fingerprint density at radius 3 is 3.00 bits per heavy atom. The Morgan fingerprint density at radius 1 is 1.44 bits per heavy atom. The van der Waals surface area contributed by atoms with Gasteiger partial charge >= 0.3 is 0 Å². The van der Waals surface area contributed by atoms with Gasteiger partial charge in [0.2, 0.25) is 0 Å². The van der Waals surface area contributed by atoms with Gasteiger partial charge in [-0.2, -0.15) is 4.37 Å². The lowest BCUT2D eigenvalue weighted by Gasteiger charge is -2.04. The molecular formula is C10H9BrClN3S. The molecule has 0 aliphatic carbocycles. The summed E-state index contributed by atoms with van der Waals surface area (Å²) < 4.78 is 5.13. The molecule has 0 bridgehead atoms. The Labute approximate surface area is 111 Å². The molecule has 2 aromatic rings. The summed E-state index contributed by atoms with van der Waals surface area (Å²) in [7, 11) is 0. The molecule has 0 radical (unpaired) electrons. The summed E-state index contributed by atoms with van der Waals surface area (Å²) in [5.41, 5.74) is 1.00. The fraction of sp³-hybridized carbons (Fsp3) is 0.200. The number of nitrogens with one attached hydrogen (secondary N) is 1. The van der Waals surface area contributed by atoms with Gasteiger partial charge in [0, 0.05) is 24.8 Å². The van der Waals surface area contributed by atoms with Crippen LogP contribution in [-0.2, 0) is 13.1 Å². The van der Waals surface area contributed by atoms with E-state index in [-0.39, 0.29) is 0 Å². The van der Waals surface area contributed by atoms with Crippen molar-refractivity contribution < 1.29 is 0 Å². The first-order valence-electron chi connectivity index (χ1n) is 4.66. The zero-order valence-electron chi connectivity index (χ0n) is 8.28. The van der Waals surface area contributed by atoms with E-state index in [4.69, 9.17) is 11.6 Å². The Hall–Kier alpha value is -0.490. The third-order valence-electron chi connectivity index (χ3n) is 2.03. The van der Waals surface area contributed by atoms with E-state index >= 15 is 0 Å². The van der Waals surface area contributed by atoms with Gasteiger partial charge in [-0.1, -0.05) is 17.7 Å². The molecule has 2 rings (SSSR count). The number of hydrogen-bond acceptors (Lipinski definition) is 4. The van der Waals surface area contributed by atoms with E-state index in [1.807, 2.05) is 12.1 Å². The zero-order valence-corrected chi connectivity index (χ0v) is 11.4. The van der Waals surface area contributed by atoms with Gasteiger partial charge in [-0.05, 0) is 33.5 Å². The molecule has 0 aliphatic rings. The maximum atomic E-state index is 5.95. The molecular weight excluding hydrogens is 310 g/mol. The van der Waals surface area contributed by atoms with Gasteiger partial charge in [0.15, 0.2) is 0 Å². The minimum Gasteiger partial charge on any atom is -0.308 e. The van der Waals surface area contributed by atoms with Crippen LogP contribution in [0.2, 0.25) is 5.15 Å². The first-order chi connectivity index (χ1) is 7.77. The van der Waals surface area contributed by atoms with Crippen LogP contribution in [0.15, 0.2) is 29.0 Å². The molecule has 16 heavy (non-hydrogen) atoms. The standard InChI is InChI=1S/C10H9BrClN3S/c11-8-5-15-16-9(8)6-13-4-7-2-1-3-14-10(7)12/h1-3,5,13H,4,6H2. The number of hydrogen-bond donors (Lipinski definition) is 1. The summed E-state index contributed by atoms with van der Waals surface area (Å²) in [5, 5.41) is 3.86. The van der Waals surface area contributed by atoms with Crippen LogP contribution in [0.25, 0.3) is 0 Å². The summed E-state index contributed by atoms with van der Waals surface area (Å²) in [6.07, 6.45) is 3.49. The molecule has 0 aliphatic heterocycles. The highest BCUT2D eigenvalue weighted by Gasteiger charge is 2.03. The van der Waals surface area contributed by atoms with Crippen LogP contribution in [0.1, 0.15) is 10.4 Å². The van der Waals surface area contributed by atoms with E-state index in [0.717, 1.165) is 16.6 Å². The molecule has 0 fully saturated rings. The highest BCUT2D eigenvalue weighted by Crippen LogP contribution is 2.19. The molecule has 0 saturated heterocycles. The van der Waals surface area contributed by atoms with Crippen LogP contribution >= 0.6 is 39.1 Å². The third kappa shape index (κ3) is 3.01. The van der Waals surface area contributed by atoms with E-state index in [1.54, 1.807) is 12.4 Å². The molecule has 84 valence electrons. The molecule has 0 unspecified atom stereocenters. The van der Waals surface area contributed by atoms with Gasteiger partial charge in [-0.15, -0.1) is 0 Å². The highest BCUT2D eigenvalue weighted by molar-refractivity contribution is 9.10. The van der Waals surface area contributed by atoms with Crippen LogP contribution in [-0.4, -0.2) is 9.36 Å². The molecule has 0 amide bonds. The maximum absolute atomic E-state index is 5.95. The lowest BCUT2D eigenvalue weighted by molar-refractivity contribution is 0.697. The smallest absolute Gasteiger partial charge is 0.133 e. The van der Waals surface area contributed by atoms with E-state index in [9.17, 15) is 0 Å². The van der Waals surface area contributed by atoms with Crippen LogP contribution in [0.4, 0.5) is 0 Å². The predicted molar refractivity (Wildman–Crippen MR) is 69.6 cm³/mol. The quantitative estimate of drug-likeness (QED) is 0.879. The second kappa shape index (κ2) is 5.72. The molecule has 6 heteroatoms. The van der Waals surface area contributed by atoms with Crippen molar-refractivity contribution >= 4 is 39.1 Å². The lowest BCUT2D eigenvalue weighted by Crippen LogP contribution is -2.12. The average Bonchev–Trinajstić information content (AvgIpc) is 2.67. The molecule has 2 heterocycles. The van der Waals surface area contributed by atoms with Gasteiger partial charge in [0.25, 0.3) is 0 Å². The van der Waals surface area contributed by atoms with Crippen LogP contribution < -0.4 is 5.32 Å². The molecule has 0 aromatic carbocycles. The maximum Gasteiger partial charge on any atom is 0.133 e. The monoisotopic (exact) mass is 317 g/mol. The largest absolute Gasteiger partial charge is 0.308 e. The van der Waals surface area contributed by atoms with Crippen molar-refractivity contribution in [2.45, 2.75) is 13.1 Å². The van der Waals surface area contributed by atoms with E-state index in [1.165, 1.54) is 16.4 Å². The van der Waals surface area contributed by atoms with Gasteiger partial charge in [0.05, 0.1) is 15.5 Å². The summed E-state index contributed by atoms with van der Waals surface area (Å²) in [6.45, 7) is 1.48. The van der Waals surface area contributed by atoms with Gasteiger partial charge < -0.3 is 5.32 Å². The lowest BCUT2D eigenvalue weighted by atomic mass is 10.3. The van der Waals surface area contributed by atoms with Gasteiger partial charge in [0.1, 0.15) is 5.15 Å². The topological polar surface area (TPSA) is 37.8 Å². The number of aromatic nitrogens is 2. The van der Waals surface area contributed by atoms with E-state index in [2.05, 4.69) is 30.6 Å². The summed E-state index contributed by atoms with van der Waals surface area (Å²) >= 11 is 10.9. The van der Waals surface area contributed by atoms with Crippen molar-refractivity contribution in [3.8, 4) is 0 Å². The summed E-state index contributed by atoms with van der Waals surface area (Å²) in [5.74, 6) is 0. The second-order valence-electron chi connectivity index (χ2n) is 3.15. The van der Waals surface area contributed by atoms with E-state index in [0.29, 0.717) is 11.7 Å². The third-order valence-corrected chi connectivity index (χ3v) is 4.11. The van der Waals surface area contributed by atoms with Crippen molar-refractivity contribution in [1.29, 1.82) is 0 Å². The van der Waals surface area contributed by atoms with Crippen LogP contribution in [0.3, 0.4) is 0 Å². The van der Waals surface area contributed by atoms with Crippen LogP contribution in [0, 0.1) is 0 Å². The first-order valence-corrected chi connectivity index (χ1v) is 6.61. The van der Waals surface area contributed by atoms with Crippen LogP contribution in [0.5, 0.6) is 0 Å². The van der Waals surface area contributed by atoms with Gasteiger partial charge in [-0.25, -0.2) is 4.98 Å². The molecule has 2 aromatic heterocycles. The molecule has 3 nitrogen and oxygen atoms in total. The Morgan fingerprint density at radius 2 is 2.31 bits per heavy atom. The Kier molecular flexibility index (Phi) is 4.29. The number of halogens is 2. The molecule has 0 atom stereocenters. The van der Waals surface area contributed by atoms with E-state index < -0.39 is 0 Å². The minimum absolute atomic E-state index is 0.554. The minimum atomic E-state index is 0.554. The van der Waals surface area contributed by atoms with Crippen molar-refractivity contribution in [3.63, 3.8) is 0 Å². The highest BCUT2D eigenvalue weighted by atomic mass is 79.9. The van der Waals surface area contributed by atoms with Crippen molar-refractivity contribution in [2.75, 3.05) is 0 Å². The normalized spacial score (nSPS) is 10.6.